The number of rotatable bonds is 5. The standard InChI is InChI=1S/C24H32F6O6/c1-19(2,3)10-21(7,20(4,5)6)16(31)34-13-11-8-12-14(13)35-17(32)22(12,9-11)18(33)36-15(23(25,26)27)24(28,29)30/h11-15H,8-10H2,1-7H3. The molecule has 3 rings (SSSR count). The maximum atomic E-state index is 13.5. The molecule has 36 heavy (non-hydrogen) atoms. The summed E-state index contributed by atoms with van der Waals surface area (Å²) >= 11 is 0. The number of carbonyl (C=O) groups is 3. The highest BCUT2D eigenvalue weighted by molar-refractivity contribution is 6.03. The summed E-state index contributed by atoms with van der Waals surface area (Å²) in [6, 6.07) is 0. The van der Waals surface area contributed by atoms with E-state index in [1.54, 1.807) is 6.92 Å². The van der Waals surface area contributed by atoms with Gasteiger partial charge in [-0.1, -0.05) is 41.5 Å². The minimum atomic E-state index is -5.91. The smallest absolute Gasteiger partial charge is 0.434 e. The first-order valence-corrected chi connectivity index (χ1v) is 11.7. The first kappa shape index (κ1) is 28.6. The topological polar surface area (TPSA) is 78.9 Å². The molecule has 6 unspecified atom stereocenters. The Hall–Kier alpha value is -2.01. The van der Waals surface area contributed by atoms with Gasteiger partial charge in [0.25, 0.3) is 6.10 Å². The van der Waals surface area contributed by atoms with Crippen LogP contribution in [0.15, 0.2) is 0 Å². The summed E-state index contributed by atoms with van der Waals surface area (Å²) in [6.07, 6.45) is -18.2. The molecule has 6 atom stereocenters. The molecule has 1 aliphatic heterocycles. The third kappa shape index (κ3) is 4.57. The molecule has 0 amide bonds. The summed E-state index contributed by atoms with van der Waals surface area (Å²) in [5, 5.41) is 0. The maximum Gasteiger partial charge on any atom is 0.434 e. The molecule has 1 saturated heterocycles. The van der Waals surface area contributed by atoms with E-state index in [1.165, 1.54) is 0 Å². The lowest BCUT2D eigenvalue weighted by molar-refractivity contribution is -0.315. The van der Waals surface area contributed by atoms with Crippen LogP contribution in [0.25, 0.3) is 0 Å². The monoisotopic (exact) mass is 530 g/mol. The first-order valence-electron chi connectivity index (χ1n) is 11.7. The summed E-state index contributed by atoms with van der Waals surface area (Å²) in [4.78, 5) is 38.8. The predicted octanol–water partition coefficient (Wildman–Crippen LogP) is 5.37. The average Bonchev–Trinajstić information content (AvgIpc) is 3.24. The van der Waals surface area contributed by atoms with Crippen molar-refractivity contribution >= 4 is 17.9 Å². The van der Waals surface area contributed by atoms with Crippen molar-refractivity contribution in [1.82, 2.24) is 0 Å². The van der Waals surface area contributed by atoms with E-state index in [0.717, 1.165) is 0 Å². The lowest BCUT2D eigenvalue weighted by atomic mass is 9.61. The van der Waals surface area contributed by atoms with Crippen LogP contribution in [0.4, 0.5) is 26.3 Å². The van der Waals surface area contributed by atoms with Gasteiger partial charge in [0.2, 0.25) is 0 Å². The summed E-state index contributed by atoms with van der Waals surface area (Å²) in [7, 11) is 0. The molecule has 6 nitrogen and oxygen atoms in total. The molecule has 0 spiro atoms. The summed E-state index contributed by atoms with van der Waals surface area (Å²) < 4.78 is 92.7. The Balaban J connectivity index is 1.84. The number of alkyl halides is 6. The Kier molecular flexibility index (Phi) is 6.54. The number of ether oxygens (including phenoxy) is 3. The largest absolute Gasteiger partial charge is 0.458 e. The molecule has 0 N–H and O–H groups in total. The zero-order chi connectivity index (χ0) is 27.9. The Morgan fingerprint density at radius 1 is 1.00 bits per heavy atom. The zero-order valence-corrected chi connectivity index (χ0v) is 21.2. The zero-order valence-electron chi connectivity index (χ0n) is 21.2. The van der Waals surface area contributed by atoms with Crippen molar-refractivity contribution in [1.29, 1.82) is 0 Å². The van der Waals surface area contributed by atoms with Crippen LogP contribution in [0.2, 0.25) is 0 Å². The number of carbonyl (C=O) groups excluding carboxylic acids is 3. The van der Waals surface area contributed by atoms with E-state index < -0.39 is 83.1 Å². The highest BCUT2D eigenvalue weighted by Gasteiger charge is 2.76. The summed E-state index contributed by atoms with van der Waals surface area (Å²) in [6.45, 7) is 13.3. The SMILES string of the molecule is CC(C)(C)CC(C)(C(=O)OC1C2CC3C1OC(=O)C3(C(=O)OC(C(F)(F)F)C(F)(F)F)C2)C(C)(C)C. The van der Waals surface area contributed by atoms with Crippen molar-refractivity contribution in [2.45, 2.75) is 98.4 Å². The van der Waals surface area contributed by atoms with Gasteiger partial charge in [0.15, 0.2) is 5.41 Å². The van der Waals surface area contributed by atoms with Crippen LogP contribution in [-0.2, 0) is 28.6 Å². The van der Waals surface area contributed by atoms with Gasteiger partial charge in [0.1, 0.15) is 12.2 Å². The van der Waals surface area contributed by atoms with Crippen LogP contribution >= 0.6 is 0 Å². The molecule has 206 valence electrons. The van der Waals surface area contributed by atoms with E-state index in [0.29, 0.717) is 6.42 Å². The van der Waals surface area contributed by atoms with Crippen LogP contribution in [0.1, 0.15) is 67.7 Å². The van der Waals surface area contributed by atoms with E-state index in [2.05, 4.69) is 4.74 Å². The van der Waals surface area contributed by atoms with Crippen LogP contribution in [-0.4, -0.2) is 48.6 Å². The Labute approximate surface area is 205 Å². The van der Waals surface area contributed by atoms with E-state index in [9.17, 15) is 40.7 Å². The number of esters is 3. The molecule has 0 aromatic carbocycles. The second kappa shape index (κ2) is 8.24. The van der Waals surface area contributed by atoms with Gasteiger partial charge in [0.05, 0.1) is 5.41 Å². The van der Waals surface area contributed by atoms with Gasteiger partial charge in [-0.2, -0.15) is 26.3 Å². The summed E-state index contributed by atoms with van der Waals surface area (Å²) in [5.41, 5.74) is -4.02. The maximum absolute atomic E-state index is 13.5. The van der Waals surface area contributed by atoms with Gasteiger partial charge in [-0.05, 0) is 37.0 Å². The molecule has 3 aliphatic rings. The van der Waals surface area contributed by atoms with Crippen LogP contribution in [0.3, 0.4) is 0 Å². The van der Waals surface area contributed by atoms with E-state index >= 15 is 0 Å². The Morgan fingerprint density at radius 3 is 1.97 bits per heavy atom. The van der Waals surface area contributed by atoms with Crippen molar-refractivity contribution in [3.63, 3.8) is 0 Å². The molecule has 2 aliphatic carbocycles. The van der Waals surface area contributed by atoms with Crippen molar-refractivity contribution < 1.29 is 54.9 Å². The van der Waals surface area contributed by atoms with Gasteiger partial charge in [-0.3, -0.25) is 14.4 Å². The van der Waals surface area contributed by atoms with Crippen LogP contribution in [0.5, 0.6) is 0 Å². The fourth-order valence-electron chi connectivity index (χ4n) is 5.92. The average molecular weight is 531 g/mol. The van der Waals surface area contributed by atoms with Gasteiger partial charge in [0, 0.05) is 11.8 Å². The third-order valence-corrected chi connectivity index (χ3v) is 7.98. The first-order chi connectivity index (χ1) is 15.9. The van der Waals surface area contributed by atoms with Gasteiger partial charge in [-0.25, -0.2) is 0 Å². The number of hydrogen-bond donors (Lipinski definition) is 0. The van der Waals surface area contributed by atoms with Crippen LogP contribution in [0, 0.1) is 33.5 Å². The molecule has 3 fully saturated rings. The van der Waals surface area contributed by atoms with Crippen molar-refractivity contribution in [3.05, 3.63) is 0 Å². The van der Waals surface area contributed by atoms with Gasteiger partial charge >= 0.3 is 30.3 Å². The Bertz CT molecular complexity index is 915. The lowest BCUT2D eigenvalue weighted by Crippen LogP contribution is -2.52. The predicted molar refractivity (Wildman–Crippen MR) is 112 cm³/mol. The normalized spacial score (nSPS) is 31.9. The van der Waals surface area contributed by atoms with Crippen LogP contribution < -0.4 is 0 Å². The second-order valence-electron chi connectivity index (χ2n) is 12.7. The van der Waals surface area contributed by atoms with Gasteiger partial charge in [-0.15, -0.1) is 0 Å². The fraction of sp³-hybridized carbons (Fsp3) is 0.875. The minimum Gasteiger partial charge on any atom is -0.458 e. The van der Waals surface area contributed by atoms with E-state index in [-0.39, 0.29) is 11.8 Å². The number of fused-ring (bicyclic) bond motifs is 1. The highest BCUT2D eigenvalue weighted by Crippen LogP contribution is 2.63. The Morgan fingerprint density at radius 2 is 1.53 bits per heavy atom. The molecular formula is C24H32F6O6. The van der Waals surface area contributed by atoms with E-state index in [4.69, 9.17) is 9.47 Å². The number of halogens is 6. The lowest BCUT2D eigenvalue weighted by Gasteiger charge is -2.44. The summed E-state index contributed by atoms with van der Waals surface area (Å²) in [5.74, 6) is -5.42. The minimum absolute atomic E-state index is 0.0671. The molecular weight excluding hydrogens is 498 g/mol. The van der Waals surface area contributed by atoms with Crippen molar-refractivity contribution in [2.75, 3.05) is 0 Å². The molecule has 0 radical (unpaired) electrons. The molecule has 0 aromatic rings. The molecule has 2 bridgehead atoms. The van der Waals surface area contributed by atoms with Crippen molar-refractivity contribution in [2.24, 2.45) is 33.5 Å². The van der Waals surface area contributed by atoms with E-state index in [1.807, 2.05) is 41.5 Å². The quantitative estimate of drug-likeness (QED) is 0.206. The number of hydrogen-bond acceptors (Lipinski definition) is 6. The fourth-order valence-corrected chi connectivity index (χ4v) is 5.92. The second-order valence-corrected chi connectivity index (χ2v) is 12.7. The molecule has 12 heteroatoms. The third-order valence-electron chi connectivity index (χ3n) is 7.98. The van der Waals surface area contributed by atoms with Crippen molar-refractivity contribution in [3.8, 4) is 0 Å². The molecule has 2 saturated carbocycles. The molecule has 0 aromatic heterocycles. The molecule has 1 heterocycles. The van der Waals surface area contributed by atoms with Gasteiger partial charge < -0.3 is 14.2 Å². The highest BCUT2D eigenvalue weighted by atomic mass is 19.4.